The Morgan fingerprint density at radius 1 is 1.06 bits per heavy atom. The zero-order valence-electron chi connectivity index (χ0n) is 18.7. The van der Waals surface area contributed by atoms with Crippen molar-refractivity contribution in [2.75, 3.05) is 38.9 Å². The first-order chi connectivity index (χ1) is 15.9. The maximum Gasteiger partial charge on any atom is 0.407 e. The minimum Gasteiger partial charge on any atom is -0.497 e. The van der Waals surface area contributed by atoms with Crippen LogP contribution < -0.4 is 9.64 Å². The van der Waals surface area contributed by atoms with Gasteiger partial charge in [0.2, 0.25) is 5.91 Å². The first-order valence-corrected chi connectivity index (χ1v) is 10.7. The van der Waals surface area contributed by atoms with Crippen molar-refractivity contribution in [3.63, 3.8) is 0 Å². The molecule has 0 saturated carbocycles. The maximum atomic E-state index is 13.7. The first kappa shape index (κ1) is 22.4. The molecule has 0 bridgehead atoms. The minimum atomic E-state index is -0.970. The number of benzene rings is 2. The van der Waals surface area contributed by atoms with E-state index in [0.29, 0.717) is 44.7 Å². The standard InChI is InChI=1S/C24H27N3O6/c1-32-20-8-6-19(7-9-20)27-16-26(15-17-4-3-5-18(14-17)21(28)33-2)22(29)24(27)10-12-25(13-11-24)23(30)31/h3-9,14H,10-13,15-16H2,1-2H3,(H,30,31). The van der Waals surface area contributed by atoms with Crippen LogP contribution in [0.4, 0.5) is 10.5 Å². The molecule has 9 nitrogen and oxygen atoms in total. The van der Waals surface area contributed by atoms with Crippen molar-refractivity contribution in [1.29, 1.82) is 0 Å². The second-order valence-corrected chi connectivity index (χ2v) is 8.26. The summed E-state index contributed by atoms with van der Waals surface area (Å²) in [5, 5.41) is 9.38. The normalized spacial score (nSPS) is 17.4. The molecular weight excluding hydrogens is 426 g/mol. The molecule has 0 radical (unpaired) electrons. The van der Waals surface area contributed by atoms with Crippen molar-refractivity contribution in [3.05, 3.63) is 59.7 Å². The number of carbonyl (C=O) groups excluding carboxylic acids is 2. The molecule has 1 N–H and O–H groups in total. The number of carbonyl (C=O) groups is 3. The number of methoxy groups -OCH3 is 2. The van der Waals surface area contributed by atoms with Gasteiger partial charge in [-0.15, -0.1) is 0 Å². The molecule has 174 valence electrons. The van der Waals surface area contributed by atoms with Gasteiger partial charge in [-0.1, -0.05) is 12.1 Å². The van der Waals surface area contributed by atoms with Crippen LogP contribution in [0.2, 0.25) is 0 Å². The molecule has 2 aromatic carbocycles. The SMILES string of the molecule is COC(=O)c1cccc(CN2CN(c3ccc(OC)cc3)C3(CCN(C(=O)O)CC3)C2=O)c1. The van der Waals surface area contributed by atoms with Gasteiger partial charge in [0.1, 0.15) is 11.3 Å². The van der Waals surface area contributed by atoms with Crippen LogP contribution in [0.25, 0.3) is 0 Å². The van der Waals surface area contributed by atoms with Gasteiger partial charge in [-0.3, -0.25) is 4.79 Å². The molecule has 1 spiro atoms. The second kappa shape index (κ2) is 9.01. The molecule has 0 unspecified atom stereocenters. The predicted molar refractivity (Wildman–Crippen MR) is 120 cm³/mol. The van der Waals surface area contributed by atoms with Crippen LogP contribution in [0.1, 0.15) is 28.8 Å². The zero-order chi connectivity index (χ0) is 23.6. The van der Waals surface area contributed by atoms with Gasteiger partial charge in [-0.05, 0) is 54.8 Å². The molecule has 0 aromatic heterocycles. The molecule has 4 rings (SSSR count). The van der Waals surface area contributed by atoms with Crippen LogP contribution in [0.5, 0.6) is 5.75 Å². The molecule has 0 atom stereocenters. The van der Waals surface area contributed by atoms with Crippen molar-refractivity contribution in [1.82, 2.24) is 9.80 Å². The molecule has 2 aromatic rings. The lowest BCUT2D eigenvalue weighted by molar-refractivity contribution is -0.134. The molecule has 2 aliphatic rings. The molecule has 2 aliphatic heterocycles. The molecule has 2 saturated heterocycles. The van der Waals surface area contributed by atoms with Gasteiger partial charge in [0, 0.05) is 25.3 Å². The summed E-state index contributed by atoms with van der Waals surface area (Å²) < 4.78 is 10.1. The highest BCUT2D eigenvalue weighted by Crippen LogP contribution is 2.40. The summed E-state index contributed by atoms with van der Waals surface area (Å²) in [5.74, 6) is 0.254. The maximum absolute atomic E-state index is 13.7. The third-order valence-corrected chi connectivity index (χ3v) is 6.48. The number of hydrogen-bond acceptors (Lipinski definition) is 6. The van der Waals surface area contributed by atoms with Gasteiger partial charge in [0.15, 0.2) is 0 Å². The molecule has 33 heavy (non-hydrogen) atoms. The predicted octanol–water partition coefficient (Wildman–Crippen LogP) is 2.80. The summed E-state index contributed by atoms with van der Waals surface area (Å²) in [4.78, 5) is 42.3. The minimum absolute atomic E-state index is 0.0353. The van der Waals surface area contributed by atoms with Crippen LogP contribution in [0.3, 0.4) is 0 Å². The summed E-state index contributed by atoms with van der Waals surface area (Å²) >= 11 is 0. The van der Waals surface area contributed by atoms with Crippen molar-refractivity contribution in [3.8, 4) is 5.75 Å². The smallest absolute Gasteiger partial charge is 0.407 e. The highest BCUT2D eigenvalue weighted by molar-refractivity contribution is 5.94. The van der Waals surface area contributed by atoms with E-state index in [2.05, 4.69) is 4.90 Å². The Hall–Kier alpha value is -3.75. The summed E-state index contributed by atoms with van der Waals surface area (Å²) in [6, 6.07) is 14.6. The van der Waals surface area contributed by atoms with Gasteiger partial charge in [-0.2, -0.15) is 0 Å². The second-order valence-electron chi connectivity index (χ2n) is 8.26. The Kier molecular flexibility index (Phi) is 6.13. The van der Waals surface area contributed by atoms with E-state index in [9.17, 15) is 19.5 Å². The molecule has 9 heteroatoms. The molecule has 2 fully saturated rings. The highest BCUT2D eigenvalue weighted by atomic mass is 16.5. The van der Waals surface area contributed by atoms with E-state index in [-0.39, 0.29) is 5.91 Å². The van der Waals surface area contributed by atoms with Crippen LogP contribution in [0.15, 0.2) is 48.5 Å². The number of anilines is 1. The van der Waals surface area contributed by atoms with Crippen molar-refractivity contribution >= 4 is 23.7 Å². The van der Waals surface area contributed by atoms with E-state index in [1.807, 2.05) is 30.3 Å². The number of esters is 1. The first-order valence-electron chi connectivity index (χ1n) is 10.7. The molecular formula is C24H27N3O6. The van der Waals surface area contributed by atoms with E-state index >= 15 is 0 Å². The van der Waals surface area contributed by atoms with Crippen LogP contribution >= 0.6 is 0 Å². The van der Waals surface area contributed by atoms with Crippen LogP contribution in [-0.2, 0) is 16.1 Å². The Balaban J connectivity index is 1.63. The molecule has 0 aliphatic carbocycles. The number of rotatable bonds is 5. The zero-order valence-corrected chi connectivity index (χ0v) is 18.7. The summed E-state index contributed by atoms with van der Waals surface area (Å²) in [7, 11) is 2.93. The third-order valence-electron chi connectivity index (χ3n) is 6.48. The number of piperidine rings is 1. The van der Waals surface area contributed by atoms with Crippen molar-refractivity contribution < 1.29 is 29.0 Å². The quantitative estimate of drug-likeness (QED) is 0.695. The van der Waals surface area contributed by atoms with E-state index < -0.39 is 17.6 Å². The fraction of sp³-hybridized carbons (Fsp3) is 0.375. The monoisotopic (exact) mass is 453 g/mol. The number of nitrogens with zero attached hydrogens (tertiary/aromatic N) is 3. The fourth-order valence-corrected chi connectivity index (χ4v) is 4.68. The van der Waals surface area contributed by atoms with Crippen molar-refractivity contribution in [2.24, 2.45) is 0 Å². The average molecular weight is 453 g/mol. The Bertz CT molecular complexity index is 1050. The lowest BCUT2D eigenvalue weighted by Crippen LogP contribution is -2.57. The van der Waals surface area contributed by atoms with Crippen LogP contribution in [0, 0.1) is 0 Å². The van der Waals surface area contributed by atoms with Gasteiger partial charge in [0.25, 0.3) is 0 Å². The van der Waals surface area contributed by atoms with E-state index in [1.165, 1.54) is 12.0 Å². The van der Waals surface area contributed by atoms with Gasteiger partial charge in [-0.25, -0.2) is 9.59 Å². The summed E-state index contributed by atoms with van der Waals surface area (Å²) in [6.45, 7) is 1.28. The average Bonchev–Trinajstić information content (AvgIpc) is 3.10. The van der Waals surface area contributed by atoms with E-state index in [0.717, 1.165) is 17.0 Å². The number of amides is 2. The van der Waals surface area contributed by atoms with Crippen molar-refractivity contribution in [2.45, 2.75) is 24.9 Å². The van der Waals surface area contributed by atoms with E-state index in [4.69, 9.17) is 9.47 Å². The Morgan fingerprint density at radius 2 is 1.76 bits per heavy atom. The van der Waals surface area contributed by atoms with Crippen LogP contribution in [-0.4, -0.2) is 72.4 Å². The number of ether oxygens (including phenoxy) is 2. The third kappa shape index (κ3) is 4.18. The number of carboxylic acid groups (broad SMARTS) is 1. The topological polar surface area (TPSA) is 99.6 Å². The van der Waals surface area contributed by atoms with E-state index in [1.54, 1.807) is 30.2 Å². The van der Waals surface area contributed by atoms with Gasteiger partial charge < -0.3 is 29.3 Å². The summed E-state index contributed by atoms with van der Waals surface area (Å²) in [6.07, 6.45) is -0.158. The highest BCUT2D eigenvalue weighted by Gasteiger charge is 2.54. The van der Waals surface area contributed by atoms with Gasteiger partial charge >= 0.3 is 12.1 Å². The largest absolute Gasteiger partial charge is 0.497 e. The van der Waals surface area contributed by atoms with Gasteiger partial charge in [0.05, 0.1) is 26.5 Å². The Morgan fingerprint density at radius 3 is 2.36 bits per heavy atom. The Labute approximate surface area is 192 Å². The fourth-order valence-electron chi connectivity index (χ4n) is 4.68. The number of likely N-dealkylation sites (tertiary alicyclic amines) is 1. The molecule has 2 heterocycles. The lowest BCUT2D eigenvalue weighted by atomic mass is 9.85. The molecule has 2 amide bonds. The summed E-state index contributed by atoms with van der Waals surface area (Å²) in [5.41, 5.74) is 1.30. The number of hydrogen-bond donors (Lipinski definition) is 1. The lowest BCUT2D eigenvalue weighted by Gasteiger charge is -2.42.